The SMILES string of the molecule is CCCSc1nc(N2CC[C@H](CC(=O)O)C2)ccc1C(=O)NC1[C@@H]2CC3C[C@@H]1CC(O)(C3)C2. The molecule has 0 unspecified atom stereocenters. The van der Waals surface area contributed by atoms with Gasteiger partial charge in [-0.15, -0.1) is 11.8 Å². The van der Waals surface area contributed by atoms with Crippen LogP contribution < -0.4 is 10.2 Å². The number of carbonyl (C=O) groups excluding carboxylic acids is 1. The van der Waals surface area contributed by atoms with Crippen molar-refractivity contribution in [1.29, 1.82) is 0 Å². The molecule has 1 saturated heterocycles. The Labute approximate surface area is 199 Å². The van der Waals surface area contributed by atoms with Crippen molar-refractivity contribution in [2.24, 2.45) is 23.7 Å². The standard InChI is InChI=1S/C25H35N3O4S/c1-2-7-33-24-19(3-4-20(26-24)28-6-5-15(14-28)10-21(29)30)23(31)27-22-17-8-16-9-18(22)13-25(32,11-16)12-17/h3-4,15-18,22,32H,2,5-14H2,1H3,(H,27,31)(H,29,30)/t15-,16?,17-,18-,22?,25?/m1/s1. The first kappa shape index (κ1) is 23.0. The van der Waals surface area contributed by atoms with Gasteiger partial charge in [0.2, 0.25) is 0 Å². The minimum atomic E-state index is -0.752. The number of carboxylic acids is 1. The summed E-state index contributed by atoms with van der Waals surface area (Å²) in [5.74, 6) is 2.42. The van der Waals surface area contributed by atoms with Gasteiger partial charge in [-0.1, -0.05) is 6.92 Å². The molecule has 1 aliphatic heterocycles. The van der Waals surface area contributed by atoms with E-state index in [0.29, 0.717) is 29.9 Å². The lowest BCUT2D eigenvalue weighted by Gasteiger charge is -2.58. The maximum absolute atomic E-state index is 13.4. The zero-order valence-electron chi connectivity index (χ0n) is 19.3. The molecule has 1 aromatic rings. The van der Waals surface area contributed by atoms with Crippen LogP contribution in [0.1, 0.15) is 68.6 Å². The average molecular weight is 474 g/mol. The van der Waals surface area contributed by atoms with Crippen LogP contribution in [0.2, 0.25) is 0 Å². The first-order chi connectivity index (χ1) is 15.8. The number of hydrogen-bond acceptors (Lipinski definition) is 6. The van der Waals surface area contributed by atoms with E-state index in [4.69, 9.17) is 10.1 Å². The number of aliphatic carboxylic acids is 1. The fraction of sp³-hybridized carbons (Fsp3) is 0.720. The van der Waals surface area contributed by atoms with Gasteiger partial charge in [0.15, 0.2) is 0 Å². The number of aliphatic hydroxyl groups is 1. The van der Waals surface area contributed by atoms with Crippen molar-refractivity contribution in [2.45, 2.75) is 75.0 Å². The maximum atomic E-state index is 13.4. The minimum absolute atomic E-state index is 0.0534. The molecule has 4 aliphatic carbocycles. The third kappa shape index (κ3) is 4.74. The predicted molar refractivity (Wildman–Crippen MR) is 128 cm³/mol. The van der Waals surface area contributed by atoms with Crippen LogP contribution in [-0.4, -0.2) is 57.6 Å². The van der Waals surface area contributed by atoms with Gasteiger partial charge in [0, 0.05) is 25.6 Å². The molecular formula is C25H35N3O4S. The smallest absolute Gasteiger partial charge is 0.303 e. The highest BCUT2D eigenvalue weighted by atomic mass is 32.2. The molecular weight excluding hydrogens is 438 g/mol. The van der Waals surface area contributed by atoms with Crippen LogP contribution in [0.15, 0.2) is 17.2 Å². The Balaban J connectivity index is 1.31. The number of nitrogens with zero attached hydrogens (tertiary/aromatic N) is 2. The van der Waals surface area contributed by atoms with Gasteiger partial charge in [0.1, 0.15) is 10.8 Å². The largest absolute Gasteiger partial charge is 0.481 e. The quantitative estimate of drug-likeness (QED) is 0.496. The van der Waals surface area contributed by atoms with Gasteiger partial charge in [-0.05, 0) is 86.5 Å². The maximum Gasteiger partial charge on any atom is 0.303 e. The summed E-state index contributed by atoms with van der Waals surface area (Å²) in [6.45, 7) is 3.61. The van der Waals surface area contributed by atoms with Crippen LogP contribution in [0, 0.1) is 23.7 Å². The number of pyridine rings is 1. The molecule has 2 heterocycles. The fourth-order valence-electron chi connectivity index (χ4n) is 6.99. The Morgan fingerprint density at radius 2 is 2.00 bits per heavy atom. The van der Waals surface area contributed by atoms with Gasteiger partial charge in [-0.2, -0.15) is 0 Å². The van der Waals surface area contributed by atoms with Crippen molar-refractivity contribution in [1.82, 2.24) is 10.3 Å². The summed E-state index contributed by atoms with van der Waals surface area (Å²) in [4.78, 5) is 31.5. The molecule has 4 saturated carbocycles. The lowest BCUT2D eigenvalue weighted by Crippen LogP contribution is -2.61. The number of nitrogens with one attached hydrogen (secondary N) is 1. The lowest BCUT2D eigenvalue weighted by molar-refractivity contribution is -0.138. The molecule has 5 fully saturated rings. The van der Waals surface area contributed by atoms with E-state index in [1.807, 2.05) is 12.1 Å². The van der Waals surface area contributed by atoms with Crippen LogP contribution in [-0.2, 0) is 4.79 Å². The van der Waals surface area contributed by atoms with Crippen molar-refractivity contribution in [2.75, 3.05) is 23.7 Å². The van der Waals surface area contributed by atoms with Gasteiger partial charge >= 0.3 is 5.97 Å². The van der Waals surface area contributed by atoms with Crippen LogP contribution in [0.3, 0.4) is 0 Å². The highest BCUT2D eigenvalue weighted by Crippen LogP contribution is 2.55. The molecule has 1 amide bonds. The zero-order valence-corrected chi connectivity index (χ0v) is 20.1. The van der Waals surface area contributed by atoms with Crippen LogP contribution in [0.25, 0.3) is 0 Å². The molecule has 1 aromatic heterocycles. The Bertz CT molecular complexity index is 909. The number of carbonyl (C=O) groups is 2. The summed E-state index contributed by atoms with van der Waals surface area (Å²) in [5.41, 5.74) is 0.128. The highest BCUT2D eigenvalue weighted by Gasteiger charge is 2.55. The number of thioether (sulfide) groups is 1. The Morgan fingerprint density at radius 1 is 1.24 bits per heavy atom. The molecule has 0 spiro atoms. The van der Waals surface area contributed by atoms with E-state index in [1.54, 1.807) is 11.8 Å². The Hall–Kier alpha value is -1.80. The minimum Gasteiger partial charge on any atom is -0.481 e. The second kappa shape index (κ2) is 9.10. The molecule has 0 aromatic carbocycles. The summed E-state index contributed by atoms with van der Waals surface area (Å²) >= 11 is 1.62. The van der Waals surface area contributed by atoms with E-state index in [0.717, 1.165) is 68.1 Å². The number of amides is 1. The molecule has 5 aliphatic rings. The zero-order chi connectivity index (χ0) is 23.2. The molecule has 0 radical (unpaired) electrons. The van der Waals surface area contributed by atoms with E-state index < -0.39 is 11.6 Å². The first-order valence-corrected chi connectivity index (χ1v) is 13.5. The third-order valence-corrected chi connectivity index (χ3v) is 9.34. The van der Waals surface area contributed by atoms with Crippen molar-refractivity contribution in [3.63, 3.8) is 0 Å². The predicted octanol–water partition coefficient (Wildman–Crippen LogP) is 3.55. The Morgan fingerprint density at radius 3 is 2.67 bits per heavy atom. The highest BCUT2D eigenvalue weighted by molar-refractivity contribution is 7.99. The van der Waals surface area contributed by atoms with E-state index in [2.05, 4.69) is 17.1 Å². The van der Waals surface area contributed by atoms with Crippen LogP contribution >= 0.6 is 11.8 Å². The number of hydrogen-bond donors (Lipinski definition) is 3. The average Bonchev–Trinajstić information content (AvgIpc) is 3.21. The molecule has 7 nitrogen and oxygen atoms in total. The van der Waals surface area contributed by atoms with Crippen molar-refractivity contribution >= 4 is 29.5 Å². The summed E-state index contributed by atoms with van der Waals surface area (Å²) in [6, 6.07) is 3.95. The summed E-state index contributed by atoms with van der Waals surface area (Å²) in [5, 5.41) is 24.1. The molecule has 4 bridgehead atoms. The third-order valence-electron chi connectivity index (χ3n) is 8.14. The van der Waals surface area contributed by atoms with Gasteiger partial charge in [0.25, 0.3) is 5.91 Å². The Kier molecular flexibility index (Phi) is 6.33. The normalized spacial score (nSPS) is 34.6. The van der Waals surface area contributed by atoms with Gasteiger partial charge in [-0.25, -0.2) is 4.98 Å². The molecule has 8 heteroatoms. The van der Waals surface area contributed by atoms with E-state index >= 15 is 0 Å². The molecule has 33 heavy (non-hydrogen) atoms. The molecule has 180 valence electrons. The summed E-state index contributed by atoms with van der Waals surface area (Å²) in [7, 11) is 0. The van der Waals surface area contributed by atoms with Gasteiger partial charge in [-0.3, -0.25) is 9.59 Å². The number of anilines is 1. The van der Waals surface area contributed by atoms with Crippen molar-refractivity contribution < 1.29 is 19.8 Å². The van der Waals surface area contributed by atoms with Crippen molar-refractivity contribution in [3.05, 3.63) is 17.7 Å². The molecule has 3 N–H and O–H groups in total. The monoisotopic (exact) mass is 473 g/mol. The van der Waals surface area contributed by atoms with Crippen LogP contribution in [0.5, 0.6) is 0 Å². The number of aromatic nitrogens is 1. The second-order valence-electron chi connectivity index (χ2n) is 10.8. The lowest BCUT2D eigenvalue weighted by atomic mass is 9.52. The van der Waals surface area contributed by atoms with Gasteiger partial charge in [0.05, 0.1) is 11.2 Å². The van der Waals surface area contributed by atoms with E-state index in [-0.39, 0.29) is 24.3 Å². The van der Waals surface area contributed by atoms with E-state index in [9.17, 15) is 14.7 Å². The summed E-state index contributed by atoms with van der Waals surface area (Å²) in [6.07, 6.45) is 6.83. The van der Waals surface area contributed by atoms with E-state index in [1.165, 1.54) is 0 Å². The fourth-order valence-corrected chi connectivity index (χ4v) is 7.86. The summed E-state index contributed by atoms with van der Waals surface area (Å²) < 4.78 is 0. The van der Waals surface area contributed by atoms with Gasteiger partial charge < -0.3 is 20.4 Å². The molecule has 3 atom stereocenters. The second-order valence-corrected chi connectivity index (χ2v) is 11.8. The van der Waals surface area contributed by atoms with Crippen LogP contribution in [0.4, 0.5) is 5.82 Å². The number of rotatable bonds is 8. The molecule has 6 rings (SSSR count). The first-order valence-electron chi connectivity index (χ1n) is 12.5. The number of carboxylic acid groups (broad SMARTS) is 1. The van der Waals surface area contributed by atoms with Crippen molar-refractivity contribution in [3.8, 4) is 0 Å². The topological polar surface area (TPSA) is 103 Å².